The van der Waals surface area contributed by atoms with Gasteiger partial charge in [0.15, 0.2) is 0 Å². The van der Waals surface area contributed by atoms with Crippen molar-refractivity contribution < 1.29 is 71.8 Å². The monoisotopic (exact) mass is 1270 g/mol. The highest BCUT2D eigenvalue weighted by atomic mass is 16.6. The molecule has 16 fully saturated rings. The number of carbonyl (C=O) groups excluding carboxylic acids is 6. The molecular weight excluding hydrogens is 1160 g/mol. The van der Waals surface area contributed by atoms with E-state index in [2.05, 4.69) is 32.9 Å². The fourth-order valence-electron chi connectivity index (χ4n) is 19.7. The van der Waals surface area contributed by atoms with Gasteiger partial charge < -0.3 is 60.2 Å². The Morgan fingerprint density at radius 1 is 0.451 bits per heavy atom. The fourth-order valence-corrected chi connectivity index (χ4v) is 19.7. The zero-order chi connectivity index (χ0) is 66.9. The van der Waals surface area contributed by atoms with Crippen molar-refractivity contribution in [1.82, 2.24) is 0 Å². The average molecular weight is 1270 g/mol. The first-order valence-electron chi connectivity index (χ1n) is 33.9. The molecule has 91 heavy (non-hydrogen) atoms. The molecule has 508 valence electrons. The minimum Gasteiger partial charge on any atom is -0.459 e. The van der Waals surface area contributed by atoms with Gasteiger partial charge in [-0.1, -0.05) is 39.8 Å². The summed E-state index contributed by atoms with van der Waals surface area (Å²) in [5.41, 5.74) is 16.0. The second kappa shape index (κ2) is 30.8. The molecule has 0 radical (unpaired) electrons. The number of ether oxygens (including phenoxy) is 8. The molecule has 16 saturated carbocycles. The first-order valence-corrected chi connectivity index (χ1v) is 33.9. The van der Waals surface area contributed by atoms with E-state index in [4.69, 9.17) is 65.5 Å². The van der Waals surface area contributed by atoms with Crippen LogP contribution >= 0.6 is 0 Å². The number of amides is 1. The van der Waals surface area contributed by atoms with E-state index in [0.717, 1.165) is 128 Å². The zero-order valence-electron chi connectivity index (χ0n) is 56.0. The summed E-state index contributed by atoms with van der Waals surface area (Å²) in [5, 5.41) is 16.3. The van der Waals surface area contributed by atoms with Crippen molar-refractivity contribution in [3.8, 4) is 6.07 Å². The Labute approximate surface area is 541 Å². The van der Waals surface area contributed by atoms with Gasteiger partial charge in [0.25, 0.3) is 0 Å². The van der Waals surface area contributed by atoms with Crippen LogP contribution in [0.25, 0.3) is 0 Å². The number of hydrogen-bond donors (Lipinski definition) is 4. The number of carbonyl (C=O) groups is 6. The van der Waals surface area contributed by atoms with Crippen LogP contribution in [0.1, 0.15) is 215 Å². The summed E-state index contributed by atoms with van der Waals surface area (Å²) in [7, 11) is 0. The molecule has 7 N–H and O–H groups in total. The van der Waals surface area contributed by atoms with Crippen LogP contribution in [-0.2, 0) is 61.9 Å². The molecule has 16 bridgehead atoms. The highest BCUT2D eigenvalue weighted by Crippen LogP contribution is 2.63. The van der Waals surface area contributed by atoms with Crippen molar-refractivity contribution >= 4 is 35.9 Å². The second-order valence-corrected chi connectivity index (χ2v) is 30.2. The van der Waals surface area contributed by atoms with Crippen molar-refractivity contribution in [3.63, 3.8) is 0 Å². The third kappa shape index (κ3) is 18.7. The molecular formula is C72H110N4O15. The summed E-state index contributed by atoms with van der Waals surface area (Å²) in [4.78, 5) is 69.4. The molecule has 16 aliphatic rings. The van der Waals surface area contributed by atoms with Crippen LogP contribution < -0.4 is 17.2 Å². The van der Waals surface area contributed by atoms with Crippen LogP contribution in [0.5, 0.6) is 0 Å². The molecule has 0 aliphatic heterocycles. The lowest BCUT2D eigenvalue weighted by molar-refractivity contribution is -0.233. The van der Waals surface area contributed by atoms with Gasteiger partial charge in [-0.2, -0.15) is 5.26 Å². The maximum absolute atomic E-state index is 11.9. The predicted molar refractivity (Wildman–Crippen MR) is 343 cm³/mol. The SMILES string of the molecule is C=C(C)C(=O)OC12CC3CC(CC(OC(N)=O)(C3)C1)C2.C=C(C)C(=O)OC12CC3CC(CC(OCCO)(C3)C1)C2.C=C(C)C(=O)OC12CC3CC(CC(OCN)(C3)C1)C2.C=C(C)C(=O)OC1CC2CCC1C2.C=C(C)C(=O)OC1CC2CCC1C2.CC#N.CCN. The summed E-state index contributed by atoms with van der Waals surface area (Å²) in [5.74, 6) is 4.96. The number of aliphatic hydroxyl groups is 1. The minimum atomic E-state index is -0.728. The summed E-state index contributed by atoms with van der Waals surface area (Å²) in [6, 6.07) is 1.75. The average Bonchev–Trinajstić information content (AvgIpc) is 1.36. The fraction of sp³-hybridized carbons (Fsp3) is 0.764. The summed E-state index contributed by atoms with van der Waals surface area (Å²) in [6.45, 7) is 31.4. The Bertz CT molecular complexity index is 2650. The molecule has 16 rings (SSSR count). The number of primary amides is 1. The molecule has 16 aliphatic carbocycles. The molecule has 1 amide bonds. The summed E-state index contributed by atoms with van der Waals surface area (Å²) >= 11 is 0. The van der Waals surface area contributed by atoms with Crippen LogP contribution in [0.3, 0.4) is 0 Å². The van der Waals surface area contributed by atoms with Gasteiger partial charge in [-0.25, -0.2) is 28.8 Å². The number of fused-ring (bicyclic) bond motifs is 4. The number of nitrogens with two attached hydrogens (primary N) is 3. The molecule has 19 nitrogen and oxygen atoms in total. The second-order valence-electron chi connectivity index (χ2n) is 30.2. The Hall–Kier alpha value is -5.39. The molecule has 0 saturated heterocycles. The van der Waals surface area contributed by atoms with E-state index >= 15 is 0 Å². The normalized spacial score (nSPS) is 37.9. The number of aliphatic hydroxyl groups excluding tert-OH is 1. The van der Waals surface area contributed by atoms with Gasteiger partial charge in [-0.15, -0.1) is 0 Å². The van der Waals surface area contributed by atoms with Crippen molar-refractivity contribution in [2.75, 3.05) is 26.5 Å². The summed E-state index contributed by atoms with van der Waals surface area (Å²) < 4.78 is 45.5. The van der Waals surface area contributed by atoms with E-state index in [-0.39, 0.29) is 77.8 Å². The van der Waals surface area contributed by atoms with Gasteiger partial charge in [0.1, 0.15) is 34.6 Å². The lowest BCUT2D eigenvalue weighted by Gasteiger charge is -2.60. The summed E-state index contributed by atoms with van der Waals surface area (Å²) in [6.07, 6.45) is 26.9. The molecule has 12 unspecified atom stereocenters. The van der Waals surface area contributed by atoms with E-state index in [1.165, 1.54) is 58.3 Å². The third-order valence-corrected chi connectivity index (χ3v) is 21.6. The Kier molecular flexibility index (Phi) is 24.7. The predicted octanol–water partition coefficient (Wildman–Crippen LogP) is 11.7. The third-order valence-electron chi connectivity index (χ3n) is 21.6. The molecule has 0 aromatic rings. The van der Waals surface area contributed by atoms with Crippen LogP contribution in [0, 0.1) is 70.5 Å². The van der Waals surface area contributed by atoms with Gasteiger partial charge in [-0.3, -0.25) is 0 Å². The van der Waals surface area contributed by atoms with Crippen molar-refractivity contribution in [3.05, 3.63) is 60.8 Å². The molecule has 12 atom stereocenters. The molecule has 0 heterocycles. The molecule has 0 aromatic heterocycles. The van der Waals surface area contributed by atoms with E-state index in [9.17, 15) is 28.8 Å². The number of hydrogen-bond acceptors (Lipinski definition) is 18. The molecule has 19 heteroatoms. The Morgan fingerprint density at radius 2 is 0.725 bits per heavy atom. The maximum atomic E-state index is 11.9. The van der Waals surface area contributed by atoms with Gasteiger partial charge in [0.05, 0.1) is 37.2 Å². The van der Waals surface area contributed by atoms with Crippen LogP contribution in [0.4, 0.5) is 4.79 Å². The van der Waals surface area contributed by atoms with Crippen molar-refractivity contribution in [2.45, 2.75) is 261 Å². The Morgan fingerprint density at radius 3 is 0.967 bits per heavy atom. The smallest absolute Gasteiger partial charge is 0.405 e. The number of rotatable bonds is 16. The lowest BCUT2D eigenvalue weighted by Crippen LogP contribution is -2.62. The van der Waals surface area contributed by atoms with E-state index < -0.39 is 17.3 Å². The van der Waals surface area contributed by atoms with E-state index in [0.29, 0.717) is 88.2 Å². The molecule has 0 aromatic carbocycles. The first-order chi connectivity index (χ1) is 42.9. The van der Waals surface area contributed by atoms with Crippen molar-refractivity contribution in [2.24, 2.45) is 76.4 Å². The largest absolute Gasteiger partial charge is 0.459 e. The highest BCUT2D eigenvalue weighted by Gasteiger charge is 2.63. The van der Waals surface area contributed by atoms with Gasteiger partial charge in [0.2, 0.25) is 0 Å². The van der Waals surface area contributed by atoms with Crippen LogP contribution in [-0.4, -0.2) is 113 Å². The van der Waals surface area contributed by atoms with Crippen LogP contribution in [0.2, 0.25) is 0 Å². The number of nitriles is 1. The minimum absolute atomic E-state index is 0.0512. The van der Waals surface area contributed by atoms with E-state index in [1.54, 1.807) is 40.7 Å². The first kappa shape index (κ1) is 73.0. The highest BCUT2D eigenvalue weighted by molar-refractivity contribution is 5.89. The molecule has 0 spiro atoms. The maximum Gasteiger partial charge on any atom is 0.405 e. The standard InChI is InChI=1S/C16H24O4.C15H21NO4.C15H23NO3.2C11H16O2.C2H7N.C2H3N/c1-11(2)14(18)20-16-8-12-5-13(9-16)7-15(6-12,10-16)19-4-3-17;1-9(2)12(17)19-14-4-10-3-11(5-14)7-15(6-10,8-14)20-13(16)18;1-10(2)13(17)19-15-6-11-3-12(7-15)5-14(4-11,8-15)18-9-16;2*1-7(2)11(12)13-10-6-8-3-4-9(10)5-8;2*1-2-3/h12-13,17H,1,3-10H2,2H3;10-11H,1,3-8H2,2H3,(H2,16,18);11-12H,1,3-9,16H2,2H3;2*8-10H,1,3-6H2,2H3;2-3H2,1H3;1H3. The Balaban J connectivity index is 0.000000160. The quantitative estimate of drug-likeness (QED) is 0.0483. The zero-order valence-corrected chi connectivity index (χ0v) is 56.0. The van der Waals surface area contributed by atoms with Crippen molar-refractivity contribution in [1.29, 1.82) is 5.26 Å². The van der Waals surface area contributed by atoms with E-state index in [1.807, 2.05) is 6.92 Å². The van der Waals surface area contributed by atoms with Crippen LogP contribution in [0.15, 0.2) is 60.8 Å². The van der Waals surface area contributed by atoms with Gasteiger partial charge >= 0.3 is 35.9 Å². The topological polar surface area (TPSA) is 298 Å². The number of nitrogens with zero attached hydrogens (tertiary/aromatic N) is 1. The van der Waals surface area contributed by atoms with Gasteiger partial charge in [0, 0.05) is 54.1 Å². The van der Waals surface area contributed by atoms with Gasteiger partial charge in [-0.05, 0) is 248 Å². The number of esters is 5. The lowest BCUT2D eigenvalue weighted by atomic mass is 9.52.